The van der Waals surface area contributed by atoms with Gasteiger partial charge in [0.15, 0.2) is 0 Å². The number of nitrogens with zero attached hydrogens (tertiary/aromatic N) is 1. The molecule has 1 fully saturated rings. The second-order valence-corrected chi connectivity index (χ2v) is 6.03. The minimum atomic E-state index is -1.31. The second-order valence-electron chi connectivity index (χ2n) is 6.03. The maximum absolute atomic E-state index is 12.6. The molecule has 24 heavy (non-hydrogen) atoms. The molecule has 1 aliphatic rings. The van der Waals surface area contributed by atoms with Crippen LogP contribution in [0, 0.1) is 0 Å². The average molecular weight is 323 g/mol. The van der Waals surface area contributed by atoms with Crippen molar-refractivity contribution in [3.8, 4) is 11.1 Å². The number of benzene rings is 2. The number of carboxylic acids is 1. The molecule has 1 aliphatic heterocycles. The number of aliphatic carboxylic acids is 1. The van der Waals surface area contributed by atoms with Gasteiger partial charge in [0.1, 0.15) is 0 Å². The van der Waals surface area contributed by atoms with E-state index < -0.39 is 23.7 Å². The summed E-state index contributed by atoms with van der Waals surface area (Å²) in [5.74, 6) is -1.91. The Morgan fingerprint density at radius 1 is 1.04 bits per heavy atom. The van der Waals surface area contributed by atoms with Crippen molar-refractivity contribution in [2.45, 2.75) is 18.3 Å². The standard InChI is InChI=1S/C19H17NO4/c1-20-16(21)11-19(18(20)24,12-17(22)23)15-9-7-14(8-10-15)13-5-3-2-4-6-13/h2-10H,11-12H2,1H3,(H,22,23)/t19-/m0/s1. The lowest BCUT2D eigenvalue weighted by atomic mass is 9.75. The third kappa shape index (κ3) is 2.58. The molecule has 0 spiro atoms. The van der Waals surface area contributed by atoms with E-state index in [2.05, 4.69) is 0 Å². The molecule has 0 unspecified atom stereocenters. The van der Waals surface area contributed by atoms with Crippen molar-refractivity contribution in [2.24, 2.45) is 0 Å². The van der Waals surface area contributed by atoms with Crippen LogP contribution in [0.2, 0.25) is 0 Å². The third-order valence-corrected chi connectivity index (χ3v) is 4.54. The van der Waals surface area contributed by atoms with E-state index >= 15 is 0 Å². The van der Waals surface area contributed by atoms with Crippen LogP contribution in [-0.2, 0) is 19.8 Å². The normalized spacial score (nSPS) is 20.5. The summed E-state index contributed by atoms with van der Waals surface area (Å²) in [7, 11) is 1.40. The molecule has 0 saturated carbocycles. The zero-order chi connectivity index (χ0) is 17.3. The molecule has 1 atom stereocenters. The molecule has 3 rings (SSSR count). The van der Waals surface area contributed by atoms with Gasteiger partial charge < -0.3 is 5.11 Å². The topological polar surface area (TPSA) is 74.7 Å². The first kappa shape index (κ1) is 15.9. The van der Waals surface area contributed by atoms with Crippen molar-refractivity contribution in [1.82, 2.24) is 4.90 Å². The highest BCUT2D eigenvalue weighted by molar-refractivity contribution is 6.10. The van der Waals surface area contributed by atoms with Gasteiger partial charge in [0.25, 0.3) is 0 Å². The third-order valence-electron chi connectivity index (χ3n) is 4.54. The van der Waals surface area contributed by atoms with Crippen LogP contribution in [-0.4, -0.2) is 34.8 Å². The van der Waals surface area contributed by atoms with Crippen LogP contribution in [0.5, 0.6) is 0 Å². The van der Waals surface area contributed by atoms with E-state index in [0.717, 1.165) is 16.0 Å². The van der Waals surface area contributed by atoms with E-state index in [1.807, 2.05) is 42.5 Å². The van der Waals surface area contributed by atoms with Crippen molar-refractivity contribution in [3.05, 3.63) is 60.2 Å². The summed E-state index contributed by atoms with van der Waals surface area (Å²) < 4.78 is 0. The lowest BCUT2D eigenvalue weighted by Crippen LogP contribution is -2.38. The minimum Gasteiger partial charge on any atom is -0.481 e. The van der Waals surface area contributed by atoms with Gasteiger partial charge in [-0.3, -0.25) is 19.3 Å². The summed E-state index contributed by atoms with van der Waals surface area (Å²) in [6.07, 6.45) is -0.508. The molecule has 0 aromatic heterocycles. The number of carbonyl (C=O) groups excluding carboxylic acids is 2. The highest BCUT2D eigenvalue weighted by Gasteiger charge is 2.52. The van der Waals surface area contributed by atoms with E-state index in [9.17, 15) is 19.5 Å². The number of likely N-dealkylation sites (tertiary alicyclic amines) is 1. The van der Waals surface area contributed by atoms with Crippen molar-refractivity contribution < 1.29 is 19.5 Å². The molecule has 1 N–H and O–H groups in total. The first-order chi connectivity index (χ1) is 11.4. The Labute approximate surface area is 139 Å². The Morgan fingerprint density at radius 2 is 1.62 bits per heavy atom. The number of hydrogen-bond donors (Lipinski definition) is 1. The van der Waals surface area contributed by atoms with Crippen LogP contribution in [0.15, 0.2) is 54.6 Å². The maximum Gasteiger partial charge on any atom is 0.304 e. The quantitative estimate of drug-likeness (QED) is 0.877. The Morgan fingerprint density at radius 3 is 2.12 bits per heavy atom. The molecule has 2 aromatic rings. The van der Waals surface area contributed by atoms with Crippen molar-refractivity contribution in [3.63, 3.8) is 0 Å². The molecule has 0 bridgehead atoms. The lowest BCUT2D eigenvalue weighted by Gasteiger charge is -2.25. The van der Waals surface area contributed by atoms with E-state index in [-0.39, 0.29) is 12.3 Å². The first-order valence-electron chi connectivity index (χ1n) is 7.63. The fourth-order valence-corrected chi connectivity index (χ4v) is 3.22. The number of imide groups is 1. The SMILES string of the molecule is CN1C(=O)C[C@](CC(=O)O)(c2ccc(-c3ccccc3)cc2)C1=O. The number of likely N-dealkylation sites (N-methyl/N-ethyl adjacent to an activating group) is 1. The highest BCUT2D eigenvalue weighted by atomic mass is 16.4. The van der Waals surface area contributed by atoms with Gasteiger partial charge >= 0.3 is 5.97 Å². The fraction of sp³-hybridized carbons (Fsp3) is 0.211. The average Bonchev–Trinajstić information content (AvgIpc) is 2.80. The number of amides is 2. The molecule has 2 aromatic carbocycles. The van der Waals surface area contributed by atoms with Gasteiger partial charge in [0.05, 0.1) is 11.8 Å². The van der Waals surface area contributed by atoms with Crippen molar-refractivity contribution in [2.75, 3.05) is 7.05 Å². The Bertz CT molecular complexity index is 794. The van der Waals surface area contributed by atoms with Gasteiger partial charge in [0, 0.05) is 13.5 Å². The summed E-state index contributed by atoms with van der Waals surface area (Å²) in [6.45, 7) is 0. The lowest BCUT2D eigenvalue weighted by molar-refractivity contribution is -0.144. The fourth-order valence-electron chi connectivity index (χ4n) is 3.22. The van der Waals surface area contributed by atoms with Gasteiger partial charge in [0.2, 0.25) is 11.8 Å². The predicted molar refractivity (Wildman–Crippen MR) is 88.2 cm³/mol. The smallest absolute Gasteiger partial charge is 0.304 e. The van der Waals surface area contributed by atoms with Gasteiger partial charge in [-0.05, 0) is 16.7 Å². The van der Waals surface area contributed by atoms with Crippen LogP contribution < -0.4 is 0 Å². The molecule has 0 radical (unpaired) electrons. The van der Waals surface area contributed by atoms with Crippen molar-refractivity contribution in [1.29, 1.82) is 0 Å². The molecule has 1 saturated heterocycles. The Kier molecular flexibility index (Phi) is 3.93. The van der Waals surface area contributed by atoms with Crippen LogP contribution in [0.25, 0.3) is 11.1 Å². The van der Waals surface area contributed by atoms with E-state index in [4.69, 9.17) is 0 Å². The van der Waals surface area contributed by atoms with Gasteiger partial charge in [-0.25, -0.2) is 0 Å². The summed E-state index contributed by atoms with van der Waals surface area (Å²) in [4.78, 5) is 36.8. The monoisotopic (exact) mass is 323 g/mol. The molecule has 0 aliphatic carbocycles. The maximum atomic E-state index is 12.6. The van der Waals surface area contributed by atoms with E-state index in [0.29, 0.717) is 5.56 Å². The first-order valence-corrected chi connectivity index (χ1v) is 7.63. The van der Waals surface area contributed by atoms with E-state index in [1.165, 1.54) is 7.05 Å². The molecule has 122 valence electrons. The molecule has 1 heterocycles. The largest absolute Gasteiger partial charge is 0.481 e. The Hall–Kier alpha value is -2.95. The summed E-state index contributed by atoms with van der Waals surface area (Å²) >= 11 is 0. The summed E-state index contributed by atoms with van der Waals surface area (Å²) in [5.41, 5.74) is 1.25. The molecular formula is C19H17NO4. The summed E-state index contributed by atoms with van der Waals surface area (Å²) in [5, 5.41) is 9.24. The molecule has 5 heteroatoms. The van der Waals surface area contributed by atoms with Gasteiger partial charge in [-0.15, -0.1) is 0 Å². The van der Waals surface area contributed by atoms with Crippen LogP contribution >= 0.6 is 0 Å². The highest BCUT2D eigenvalue weighted by Crippen LogP contribution is 2.39. The molecule has 5 nitrogen and oxygen atoms in total. The van der Waals surface area contributed by atoms with Crippen LogP contribution in [0.4, 0.5) is 0 Å². The number of rotatable bonds is 4. The number of carboxylic acid groups (broad SMARTS) is 1. The number of hydrogen-bond acceptors (Lipinski definition) is 3. The number of carbonyl (C=O) groups is 3. The molecular weight excluding hydrogens is 306 g/mol. The second kappa shape index (κ2) is 5.92. The molecule has 2 amide bonds. The predicted octanol–water partition coefficient (Wildman–Crippen LogP) is 2.45. The minimum absolute atomic E-state index is 0.112. The summed E-state index contributed by atoms with van der Waals surface area (Å²) in [6, 6.07) is 16.9. The van der Waals surface area contributed by atoms with Gasteiger partial charge in [-0.2, -0.15) is 0 Å². The van der Waals surface area contributed by atoms with Gasteiger partial charge in [-0.1, -0.05) is 54.6 Å². The van der Waals surface area contributed by atoms with Crippen molar-refractivity contribution >= 4 is 17.8 Å². The zero-order valence-electron chi connectivity index (χ0n) is 13.2. The van der Waals surface area contributed by atoms with Crippen LogP contribution in [0.3, 0.4) is 0 Å². The Balaban J connectivity index is 2.02. The van der Waals surface area contributed by atoms with E-state index in [1.54, 1.807) is 12.1 Å². The zero-order valence-corrected chi connectivity index (χ0v) is 13.2. The van der Waals surface area contributed by atoms with Crippen LogP contribution in [0.1, 0.15) is 18.4 Å².